The van der Waals surface area contributed by atoms with Crippen LogP contribution in [-0.4, -0.2) is 53.5 Å². The molecule has 1 heterocycles. The Morgan fingerprint density at radius 1 is 1.03 bits per heavy atom. The van der Waals surface area contributed by atoms with Gasteiger partial charge < -0.3 is 29.7 Å². The minimum absolute atomic E-state index is 0.338. The van der Waals surface area contributed by atoms with Crippen LogP contribution in [-0.2, 0) is 6.54 Å². The molecule has 1 aliphatic heterocycles. The fourth-order valence-corrected chi connectivity index (χ4v) is 3.74. The van der Waals surface area contributed by atoms with Crippen molar-refractivity contribution in [3.05, 3.63) is 47.5 Å². The van der Waals surface area contributed by atoms with Crippen LogP contribution in [0.15, 0.2) is 41.4 Å². The molecule has 7 heteroatoms. The molecule has 1 atom stereocenters. The van der Waals surface area contributed by atoms with E-state index in [1.807, 2.05) is 12.1 Å². The molecule has 2 N–H and O–H groups in total. The maximum Gasteiger partial charge on any atom is 0.203 e. The van der Waals surface area contributed by atoms with Crippen LogP contribution in [0.3, 0.4) is 0 Å². The summed E-state index contributed by atoms with van der Waals surface area (Å²) in [6, 6.07) is 12.9. The first-order valence-corrected chi connectivity index (χ1v) is 10.2. The molecule has 0 aromatic heterocycles. The number of methoxy groups -OCH3 is 3. The first kappa shape index (κ1) is 21.6. The topological polar surface area (TPSA) is 67.4 Å². The van der Waals surface area contributed by atoms with Crippen molar-refractivity contribution in [3.63, 3.8) is 0 Å². The summed E-state index contributed by atoms with van der Waals surface area (Å²) in [7, 11) is 6.64. The Morgan fingerprint density at radius 2 is 1.77 bits per heavy atom. The Balaban J connectivity index is 1.60. The molecule has 0 radical (unpaired) electrons. The number of benzene rings is 2. The third kappa shape index (κ3) is 4.90. The average molecular weight is 413 g/mol. The SMILES string of the molecule is CN=C(NCc1ccc(OC)c(OC)c1OC)NC1CCN(c2ccc(C)cc2)C1. The number of aryl methyl sites for hydroxylation is 1. The molecule has 1 fully saturated rings. The summed E-state index contributed by atoms with van der Waals surface area (Å²) in [4.78, 5) is 6.79. The molecule has 162 valence electrons. The predicted octanol–water partition coefficient (Wildman–Crippen LogP) is 2.96. The van der Waals surface area contributed by atoms with Crippen LogP contribution < -0.4 is 29.7 Å². The Morgan fingerprint density at radius 3 is 2.40 bits per heavy atom. The van der Waals surface area contributed by atoms with E-state index in [0.29, 0.717) is 29.8 Å². The summed E-state index contributed by atoms with van der Waals surface area (Å²) in [6.07, 6.45) is 1.06. The summed E-state index contributed by atoms with van der Waals surface area (Å²) in [5.41, 5.74) is 3.51. The molecule has 0 bridgehead atoms. The number of aliphatic imine (C=N–C) groups is 1. The van der Waals surface area contributed by atoms with Gasteiger partial charge in [0.1, 0.15) is 0 Å². The zero-order chi connectivity index (χ0) is 21.5. The highest BCUT2D eigenvalue weighted by Crippen LogP contribution is 2.39. The second-order valence-electron chi connectivity index (χ2n) is 7.33. The van der Waals surface area contributed by atoms with Gasteiger partial charge in [-0.15, -0.1) is 0 Å². The van der Waals surface area contributed by atoms with Crippen LogP contribution in [0, 0.1) is 6.92 Å². The molecular formula is C23H32N4O3. The molecule has 3 rings (SSSR count). The van der Waals surface area contributed by atoms with Gasteiger partial charge in [-0.2, -0.15) is 0 Å². The highest BCUT2D eigenvalue weighted by Gasteiger charge is 2.23. The average Bonchev–Trinajstić information content (AvgIpc) is 3.24. The standard InChI is InChI=1S/C23H32N4O3/c1-16-6-9-19(10-7-16)27-13-12-18(15-27)26-23(24-2)25-14-17-8-11-20(28-3)22(30-5)21(17)29-4/h6-11,18H,12-15H2,1-5H3,(H2,24,25,26). The molecule has 1 saturated heterocycles. The molecule has 7 nitrogen and oxygen atoms in total. The van der Waals surface area contributed by atoms with Crippen molar-refractivity contribution in [2.45, 2.75) is 25.9 Å². The maximum atomic E-state index is 5.57. The Kier molecular flexibility index (Phi) is 7.27. The van der Waals surface area contributed by atoms with Crippen LogP contribution in [0.1, 0.15) is 17.5 Å². The lowest BCUT2D eigenvalue weighted by molar-refractivity contribution is 0.322. The van der Waals surface area contributed by atoms with Crippen molar-refractivity contribution in [3.8, 4) is 17.2 Å². The molecule has 1 unspecified atom stereocenters. The molecular weight excluding hydrogens is 380 g/mol. The Hall–Kier alpha value is -3.09. The van der Waals surface area contributed by atoms with Gasteiger partial charge in [-0.3, -0.25) is 4.99 Å². The number of guanidine groups is 1. The summed E-state index contributed by atoms with van der Waals surface area (Å²) in [5.74, 6) is 2.66. The zero-order valence-electron chi connectivity index (χ0n) is 18.5. The fraction of sp³-hybridized carbons (Fsp3) is 0.435. The molecule has 0 aliphatic carbocycles. The van der Waals surface area contributed by atoms with Crippen molar-refractivity contribution in [2.75, 3.05) is 46.4 Å². The van der Waals surface area contributed by atoms with Crippen molar-refractivity contribution in [1.82, 2.24) is 10.6 Å². The van der Waals surface area contributed by atoms with Gasteiger partial charge in [0.2, 0.25) is 5.75 Å². The van der Waals surface area contributed by atoms with E-state index in [4.69, 9.17) is 14.2 Å². The molecule has 0 amide bonds. The number of anilines is 1. The summed E-state index contributed by atoms with van der Waals surface area (Å²) < 4.78 is 16.4. The van der Waals surface area contributed by atoms with Gasteiger partial charge >= 0.3 is 0 Å². The van der Waals surface area contributed by atoms with Gasteiger partial charge in [0.25, 0.3) is 0 Å². The number of rotatable bonds is 7. The van der Waals surface area contributed by atoms with Crippen LogP contribution in [0.25, 0.3) is 0 Å². The van der Waals surface area contributed by atoms with E-state index in [-0.39, 0.29) is 0 Å². The normalized spacial score (nSPS) is 16.4. The van der Waals surface area contributed by atoms with Crippen molar-refractivity contribution in [2.24, 2.45) is 4.99 Å². The minimum Gasteiger partial charge on any atom is -0.493 e. The van der Waals surface area contributed by atoms with Crippen molar-refractivity contribution in [1.29, 1.82) is 0 Å². The minimum atomic E-state index is 0.338. The number of hydrogen-bond acceptors (Lipinski definition) is 5. The van der Waals surface area contributed by atoms with E-state index in [2.05, 4.69) is 51.7 Å². The lowest BCUT2D eigenvalue weighted by Crippen LogP contribution is -2.44. The lowest BCUT2D eigenvalue weighted by Gasteiger charge is -2.21. The van der Waals surface area contributed by atoms with E-state index < -0.39 is 0 Å². The fourth-order valence-electron chi connectivity index (χ4n) is 3.74. The third-order valence-electron chi connectivity index (χ3n) is 5.38. The second kappa shape index (κ2) is 10.1. The van der Waals surface area contributed by atoms with E-state index in [9.17, 15) is 0 Å². The predicted molar refractivity (Wildman–Crippen MR) is 121 cm³/mol. The van der Waals surface area contributed by atoms with E-state index in [0.717, 1.165) is 31.0 Å². The van der Waals surface area contributed by atoms with E-state index in [1.54, 1.807) is 28.4 Å². The Labute approximate surface area is 179 Å². The first-order chi connectivity index (χ1) is 14.6. The van der Waals surface area contributed by atoms with Gasteiger partial charge in [-0.1, -0.05) is 17.7 Å². The largest absolute Gasteiger partial charge is 0.493 e. The lowest BCUT2D eigenvalue weighted by atomic mass is 10.1. The van der Waals surface area contributed by atoms with E-state index >= 15 is 0 Å². The molecule has 1 aliphatic rings. The van der Waals surface area contributed by atoms with Crippen molar-refractivity contribution < 1.29 is 14.2 Å². The van der Waals surface area contributed by atoms with Crippen molar-refractivity contribution >= 4 is 11.6 Å². The van der Waals surface area contributed by atoms with Crippen LogP contribution in [0.4, 0.5) is 5.69 Å². The summed E-state index contributed by atoms with van der Waals surface area (Å²) in [6.45, 7) is 4.64. The maximum absolute atomic E-state index is 5.57. The Bertz CT molecular complexity index is 867. The molecule has 2 aromatic carbocycles. The van der Waals surface area contributed by atoms with Gasteiger partial charge in [0, 0.05) is 44.0 Å². The highest BCUT2D eigenvalue weighted by atomic mass is 16.5. The summed E-state index contributed by atoms with van der Waals surface area (Å²) >= 11 is 0. The zero-order valence-corrected chi connectivity index (χ0v) is 18.5. The first-order valence-electron chi connectivity index (χ1n) is 10.2. The number of ether oxygens (including phenoxy) is 3. The number of nitrogens with zero attached hydrogens (tertiary/aromatic N) is 2. The number of hydrogen-bond donors (Lipinski definition) is 2. The molecule has 2 aromatic rings. The van der Waals surface area contributed by atoms with Gasteiger partial charge in [-0.05, 0) is 37.6 Å². The molecule has 30 heavy (non-hydrogen) atoms. The van der Waals surface area contributed by atoms with E-state index in [1.165, 1.54) is 11.3 Å². The van der Waals surface area contributed by atoms with Crippen LogP contribution >= 0.6 is 0 Å². The molecule has 0 saturated carbocycles. The number of nitrogens with one attached hydrogen (secondary N) is 2. The third-order valence-corrected chi connectivity index (χ3v) is 5.38. The second-order valence-corrected chi connectivity index (χ2v) is 7.33. The van der Waals surface area contributed by atoms with Gasteiger partial charge in [0.15, 0.2) is 17.5 Å². The smallest absolute Gasteiger partial charge is 0.203 e. The van der Waals surface area contributed by atoms with Crippen LogP contribution in [0.5, 0.6) is 17.2 Å². The monoisotopic (exact) mass is 412 g/mol. The summed E-state index contributed by atoms with van der Waals surface area (Å²) in [5, 5.41) is 6.92. The molecule has 0 spiro atoms. The van der Waals surface area contributed by atoms with Gasteiger partial charge in [0.05, 0.1) is 21.3 Å². The van der Waals surface area contributed by atoms with Crippen LogP contribution in [0.2, 0.25) is 0 Å². The van der Waals surface area contributed by atoms with Gasteiger partial charge in [-0.25, -0.2) is 0 Å². The quantitative estimate of drug-likeness (QED) is 0.538. The highest BCUT2D eigenvalue weighted by molar-refractivity contribution is 5.80.